The minimum atomic E-state index is -1.06. The smallest absolute Gasteiger partial charge is 0.410 e. The molecule has 1 aromatic carbocycles. The largest absolute Gasteiger partial charge is 0.480 e. The second-order valence-electron chi connectivity index (χ2n) is 8.12. The summed E-state index contributed by atoms with van der Waals surface area (Å²) in [5.74, 6) is -1.53. The second kappa shape index (κ2) is 9.80. The van der Waals surface area contributed by atoms with E-state index in [9.17, 15) is 14.4 Å². The molecular weight excluding hydrogens is 392 g/mol. The minimum Gasteiger partial charge on any atom is -0.480 e. The number of nitrogens with zero attached hydrogens (tertiary/aromatic N) is 2. The fourth-order valence-electron chi connectivity index (χ4n) is 3.20. The van der Waals surface area contributed by atoms with Crippen molar-refractivity contribution in [3.05, 3.63) is 28.8 Å². The van der Waals surface area contributed by atoms with Crippen LogP contribution in [0.1, 0.15) is 42.3 Å². The Balaban J connectivity index is 2.18. The number of hydrogen-bond donors (Lipinski definition) is 1. The molecule has 0 saturated carbocycles. The Labute approximate surface area is 176 Å². The zero-order chi connectivity index (χ0) is 22.5. The van der Waals surface area contributed by atoms with Crippen LogP contribution < -0.4 is 4.90 Å². The molecule has 9 nitrogen and oxygen atoms in total. The number of carbonyl (C=O) groups is 3. The maximum Gasteiger partial charge on any atom is 0.410 e. The van der Waals surface area contributed by atoms with Crippen LogP contribution in [0.2, 0.25) is 0 Å². The highest BCUT2D eigenvalue weighted by Gasteiger charge is 2.27. The van der Waals surface area contributed by atoms with Gasteiger partial charge < -0.3 is 29.1 Å². The van der Waals surface area contributed by atoms with Crippen molar-refractivity contribution in [3.8, 4) is 0 Å². The van der Waals surface area contributed by atoms with Gasteiger partial charge in [-0.05, 0) is 51.0 Å². The van der Waals surface area contributed by atoms with Crippen LogP contribution in [0.25, 0.3) is 0 Å². The highest BCUT2D eigenvalue weighted by molar-refractivity contribution is 5.93. The molecule has 30 heavy (non-hydrogen) atoms. The van der Waals surface area contributed by atoms with Crippen molar-refractivity contribution in [1.29, 1.82) is 0 Å². The molecule has 0 atom stereocenters. The molecule has 1 fully saturated rings. The lowest BCUT2D eigenvalue weighted by atomic mass is 10.0. The number of piperazine rings is 1. The molecule has 1 heterocycles. The number of carbonyl (C=O) groups excluding carboxylic acids is 2. The number of esters is 1. The summed E-state index contributed by atoms with van der Waals surface area (Å²) in [5.41, 5.74) is 2.11. The molecular formula is C21H30N2O7. The van der Waals surface area contributed by atoms with E-state index in [2.05, 4.69) is 4.90 Å². The predicted molar refractivity (Wildman–Crippen MR) is 110 cm³/mol. The van der Waals surface area contributed by atoms with Gasteiger partial charge >= 0.3 is 18.0 Å². The van der Waals surface area contributed by atoms with E-state index in [1.807, 2.05) is 33.8 Å². The first kappa shape index (κ1) is 23.5. The van der Waals surface area contributed by atoms with Gasteiger partial charge in [-0.25, -0.2) is 14.4 Å². The zero-order valence-corrected chi connectivity index (χ0v) is 18.2. The van der Waals surface area contributed by atoms with Crippen molar-refractivity contribution in [2.75, 3.05) is 44.8 Å². The van der Waals surface area contributed by atoms with Gasteiger partial charge in [0, 0.05) is 31.9 Å². The van der Waals surface area contributed by atoms with Crippen LogP contribution >= 0.6 is 0 Å². The first-order chi connectivity index (χ1) is 14.0. The first-order valence-electron chi connectivity index (χ1n) is 9.76. The third kappa shape index (κ3) is 6.35. The minimum absolute atomic E-state index is 0.0570. The van der Waals surface area contributed by atoms with E-state index in [0.717, 1.165) is 11.3 Å². The zero-order valence-electron chi connectivity index (χ0n) is 18.2. The lowest BCUT2D eigenvalue weighted by Crippen LogP contribution is -2.50. The Bertz CT molecular complexity index is 793. The van der Waals surface area contributed by atoms with Gasteiger partial charge in [-0.3, -0.25) is 0 Å². The number of ether oxygens (including phenoxy) is 3. The van der Waals surface area contributed by atoms with Crippen LogP contribution in [-0.2, 0) is 25.6 Å². The van der Waals surface area contributed by atoms with Gasteiger partial charge in [0.1, 0.15) is 12.2 Å². The molecule has 1 aromatic rings. The molecule has 9 heteroatoms. The SMILES string of the molecule is COC(=O)c1cc(COCC(=O)O)cc(N2CCN(C(=O)OC(C)(C)C)CC2)c1C. The van der Waals surface area contributed by atoms with Gasteiger partial charge in [0.05, 0.1) is 19.3 Å². The molecule has 1 amide bonds. The fourth-order valence-corrected chi connectivity index (χ4v) is 3.20. The molecule has 0 aliphatic carbocycles. The molecule has 0 spiro atoms. The standard InChI is InChI=1S/C21H30N2O7/c1-14-16(19(26)28-5)10-15(12-29-13-18(24)25)11-17(14)22-6-8-23(9-7-22)20(27)30-21(2,3)4/h10-11H,6-9,12-13H2,1-5H3,(H,24,25). The Hall–Kier alpha value is -2.81. The number of hydrogen-bond acceptors (Lipinski definition) is 7. The van der Waals surface area contributed by atoms with Gasteiger partial charge in [-0.1, -0.05) is 0 Å². The lowest BCUT2D eigenvalue weighted by Gasteiger charge is -2.37. The lowest BCUT2D eigenvalue weighted by molar-refractivity contribution is -0.142. The van der Waals surface area contributed by atoms with E-state index in [-0.39, 0.29) is 12.7 Å². The predicted octanol–water partition coefficient (Wildman–Crippen LogP) is 2.44. The van der Waals surface area contributed by atoms with Crippen LogP contribution in [-0.4, -0.2) is 73.5 Å². The summed E-state index contributed by atoms with van der Waals surface area (Å²) in [7, 11) is 1.31. The van der Waals surface area contributed by atoms with Crippen LogP contribution in [0.3, 0.4) is 0 Å². The molecule has 2 rings (SSSR count). The molecule has 1 aliphatic heterocycles. The molecule has 0 radical (unpaired) electrons. The van der Waals surface area contributed by atoms with Crippen molar-refractivity contribution in [2.24, 2.45) is 0 Å². The van der Waals surface area contributed by atoms with Crippen LogP contribution in [0, 0.1) is 6.92 Å². The van der Waals surface area contributed by atoms with Crippen LogP contribution in [0.5, 0.6) is 0 Å². The van der Waals surface area contributed by atoms with Crippen molar-refractivity contribution < 1.29 is 33.7 Å². The average molecular weight is 422 g/mol. The van der Waals surface area contributed by atoms with Crippen LogP contribution in [0.15, 0.2) is 12.1 Å². The number of methoxy groups -OCH3 is 1. The van der Waals surface area contributed by atoms with Crippen molar-refractivity contribution in [1.82, 2.24) is 4.90 Å². The fraction of sp³-hybridized carbons (Fsp3) is 0.571. The number of amides is 1. The summed E-state index contributed by atoms with van der Waals surface area (Å²) in [6, 6.07) is 3.54. The maximum absolute atomic E-state index is 12.3. The number of carboxylic acid groups (broad SMARTS) is 1. The molecule has 0 aromatic heterocycles. The van der Waals surface area contributed by atoms with Gasteiger partial charge in [-0.2, -0.15) is 0 Å². The monoisotopic (exact) mass is 422 g/mol. The van der Waals surface area contributed by atoms with Crippen molar-refractivity contribution in [2.45, 2.75) is 39.9 Å². The van der Waals surface area contributed by atoms with E-state index in [1.165, 1.54) is 7.11 Å². The number of rotatable bonds is 6. The molecule has 1 saturated heterocycles. The summed E-state index contributed by atoms with van der Waals surface area (Å²) in [6.45, 7) is 9.07. The maximum atomic E-state index is 12.3. The van der Waals surface area contributed by atoms with E-state index >= 15 is 0 Å². The number of aliphatic carboxylic acids is 1. The highest BCUT2D eigenvalue weighted by Crippen LogP contribution is 2.28. The number of benzene rings is 1. The quantitative estimate of drug-likeness (QED) is 0.697. The molecule has 166 valence electrons. The Kier molecular flexibility index (Phi) is 7.66. The summed E-state index contributed by atoms with van der Waals surface area (Å²) in [5, 5.41) is 8.77. The van der Waals surface area contributed by atoms with Crippen LogP contribution in [0.4, 0.5) is 10.5 Å². The highest BCUT2D eigenvalue weighted by atomic mass is 16.6. The molecule has 0 bridgehead atoms. The van der Waals surface area contributed by atoms with E-state index in [1.54, 1.807) is 11.0 Å². The Morgan fingerprint density at radius 3 is 2.27 bits per heavy atom. The third-order valence-corrected chi connectivity index (χ3v) is 4.61. The van der Waals surface area contributed by atoms with Crippen molar-refractivity contribution in [3.63, 3.8) is 0 Å². The summed E-state index contributed by atoms with van der Waals surface area (Å²) in [6.07, 6.45) is -0.343. The topological polar surface area (TPSA) is 106 Å². The van der Waals surface area contributed by atoms with E-state index in [0.29, 0.717) is 37.3 Å². The normalized spacial score (nSPS) is 14.4. The van der Waals surface area contributed by atoms with Gasteiger partial charge in [0.25, 0.3) is 0 Å². The van der Waals surface area contributed by atoms with E-state index < -0.39 is 24.1 Å². The van der Waals surface area contributed by atoms with E-state index in [4.69, 9.17) is 19.3 Å². The first-order valence-corrected chi connectivity index (χ1v) is 9.76. The van der Waals surface area contributed by atoms with Crippen molar-refractivity contribution >= 4 is 23.7 Å². The third-order valence-electron chi connectivity index (χ3n) is 4.61. The molecule has 1 N–H and O–H groups in total. The summed E-state index contributed by atoms with van der Waals surface area (Å²) < 4.78 is 15.5. The van der Waals surface area contributed by atoms with Gasteiger partial charge in [0.2, 0.25) is 0 Å². The Morgan fingerprint density at radius 1 is 1.10 bits per heavy atom. The molecule has 1 aliphatic rings. The van der Waals surface area contributed by atoms with Gasteiger partial charge in [0.15, 0.2) is 0 Å². The molecule has 0 unspecified atom stereocenters. The Morgan fingerprint density at radius 2 is 1.73 bits per heavy atom. The average Bonchev–Trinajstić information content (AvgIpc) is 2.67. The second-order valence-corrected chi connectivity index (χ2v) is 8.12. The summed E-state index contributed by atoms with van der Waals surface area (Å²) in [4.78, 5) is 39.0. The number of carboxylic acids is 1. The number of anilines is 1. The van der Waals surface area contributed by atoms with Gasteiger partial charge in [-0.15, -0.1) is 0 Å². The summed E-state index contributed by atoms with van der Waals surface area (Å²) >= 11 is 0.